The van der Waals surface area contributed by atoms with Gasteiger partial charge in [0.2, 0.25) is 12.0 Å². The Morgan fingerprint density at radius 3 is 2.69 bits per heavy atom. The SMILES string of the molecule is CN1C(=O)C(C)(C)c2ccc(N=C=O)cc21. The van der Waals surface area contributed by atoms with E-state index < -0.39 is 5.41 Å². The minimum absolute atomic E-state index is 0.0507. The van der Waals surface area contributed by atoms with Gasteiger partial charge in [-0.15, -0.1) is 0 Å². The Morgan fingerprint density at radius 2 is 2.06 bits per heavy atom. The summed E-state index contributed by atoms with van der Waals surface area (Å²) in [5, 5.41) is 0. The lowest BCUT2D eigenvalue weighted by Crippen LogP contribution is -2.33. The Hall–Kier alpha value is -1.93. The number of hydrogen-bond donors (Lipinski definition) is 0. The van der Waals surface area contributed by atoms with Gasteiger partial charge in [-0.25, -0.2) is 4.79 Å². The summed E-state index contributed by atoms with van der Waals surface area (Å²) in [6.45, 7) is 3.78. The number of benzene rings is 1. The van der Waals surface area contributed by atoms with E-state index >= 15 is 0 Å². The standard InChI is InChI=1S/C12H12N2O2/c1-12(2)9-5-4-8(13-7-15)6-10(9)14(3)11(12)16/h4-6H,1-3H3. The normalized spacial score (nSPS) is 16.9. The Bertz CT molecular complexity index is 514. The van der Waals surface area contributed by atoms with E-state index in [0.717, 1.165) is 11.3 Å². The van der Waals surface area contributed by atoms with Gasteiger partial charge in [-0.05, 0) is 31.5 Å². The highest BCUT2D eigenvalue weighted by Crippen LogP contribution is 2.42. The fourth-order valence-electron chi connectivity index (χ4n) is 2.09. The third-order valence-corrected chi connectivity index (χ3v) is 3.03. The molecule has 0 aromatic heterocycles. The second-order valence-corrected chi connectivity index (χ2v) is 4.39. The van der Waals surface area contributed by atoms with Gasteiger partial charge < -0.3 is 4.90 Å². The highest BCUT2D eigenvalue weighted by molar-refractivity contribution is 6.07. The molecule has 0 spiro atoms. The third kappa shape index (κ3) is 1.27. The van der Waals surface area contributed by atoms with Gasteiger partial charge in [0.25, 0.3) is 0 Å². The van der Waals surface area contributed by atoms with E-state index in [4.69, 9.17) is 0 Å². The summed E-state index contributed by atoms with van der Waals surface area (Å²) in [5.74, 6) is 0.0507. The van der Waals surface area contributed by atoms with Crippen molar-refractivity contribution >= 4 is 23.4 Å². The first-order valence-corrected chi connectivity index (χ1v) is 4.99. The van der Waals surface area contributed by atoms with E-state index in [1.807, 2.05) is 19.9 Å². The van der Waals surface area contributed by atoms with Crippen molar-refractivity contribution in [3.8, 4) is 0 Å². The molecule has 1 heterocycles. The molecule has 1 aromatic carbocycles. The van der Waals surface area contributed by atoms with Gasteiger partial charge in [0.05, 0.1) is 11.1 Å². The van der Waals surface area contributed by atoms with Gasteiger partial charge in [0.15, 0.2) is 0 Å². The number of likely N-dealkylation sites (N-methyl/N-ethyl adjacent to an activating group) is 1. The zero-order chi connectivity index (χ0) is 11.9. The summed E-state index contributed by atoms with van der Waals surface area (Å²) in [6, 6.07) is 5.29. The first kappa shape index (κ1) is 10.6. The molecular weight excluding hydrogens is 204 g/mol. The van der Waals surface area contributed by atoms with Gasteiger partial charge in [-0.1, -0.05) is 6.07 Å². The van der Waals surface area contributed by atoms with Crippen molar-refractivity contribution in [2.75, 3.05) is 11.9 Å². The molecule has 1 amide bonds. The van der Waals surface area contributed by atoms with Crippen LogP contribution in [0.2, 0.25) is 0 Å². The molecule has 0 bridgehead atoms. The van der Waals surface area contributed by atoms with Crippen LogP contribution in [-0.4, -0.2) is 19.0 Å². The third-order valence-electron chi connectivity index (χ3n) is 3.03. The average molecular weight is 216 g/mol. The molecule has 4 heteroatoms. The highest BCUT2D eigenvalue weighted by Gasteiger charge is 2.42. The van der Waals surface area contributed by atoms with Crippen LogP contribution in [0.5, 0.6) is 0 Å². The number of carbonyl (C=O) groups excluding carboxylic acids is 2. The fraction of sp³-hybridized carbons (Fsp3) is 0.333. The van der Waals surface area contributed by atoms with Gasteiger partial charge in [0, 0.05) is 12.7 Å². The molecule has 0 atom stereocenters. The maximum absolute atomic E-state index is 12.0. The molecule has 16 heavy (non-hydrogen) atoms. The molecule has 1 aliphatic heterocycles. The van der Waals surface area contributed by atoms with Gasteiger partial charge in [-0.2, -0.15) is 4.99 Å². The average Bonchev–Trinajstić information content (AvgIpc) is 2.41. The van der Waals surface area contributed by atoms with E-state index in [-0.39, 0.29) is 5.91 Å². The summed E-state index contributed by atoms with van der Waals surface area (Å²) in [4.78, 5) is 27.3. The Labute approximate surface area is 93.6 Å². The minimum Gasteiger partial charge on any atom is -0.314 e. The van der Waals surface area contributed by atoms with Crippen molar-refractivity contribution in [3.05, 3.63) is 23.8 Å². The van der Waals surface area contributed by atoms with Crippen LogP contribution in [0.3, 0.4) is 0 Å². The maximum Gasteiger partial charge on any atom is 0.240 e. The van der Waals surface area contributed by atoms with Crippen molar-refractivity contribution < 1.29 is 9.59 Å². The van der Waals surface area contributed by atoms with Crippen LogP contribution in [-0.2, 0) is 15.0 Å². The lowest BCUT2D eigenvalue weighted by atomic mass is 9.86. The monoisotopic (exact) mass is 216 g/mol. The molecule has 0 fully saturated rings. The van der Waals surface area contributed by atoms with Crippen LogP contribution in [0.4, 0.5) is 11.4 Å². The van der Waals surface area contributed by atoms with Crippen LogP contribution in [0, 0.1) is 0 Å². The molecule has 2 rings (SSSR count). The largest absolute Gasteiger partial charge is 0.314 e. The Morgan fingerprint density at radius 1 is 1.38 bits per heavy atom. The number of fused-ring (bicyclic) bond motifs is 1. The molecule has 4 nitrogen and oxygen atoms in total. The predicted molar refractivity (Wildman–Crippen MR) is 60.7 cm³/mol. The lowest BCUT2D eigenvalue weighted by Gasteiger charge is -2.16. The van der Waals surface area contributed by atoms with Crippen LogP contribution in [0.1, 0.15) is 19.4 Å². The molecule has 0 saturated heterocycles. The number of isocyanates is 1. The van der Waals surface area contributed by atoms with Crippen LogP contribution < -0.4 is 4.90 Å². The second-order valence-electron chi connectivity index (χ2n) is 4.39. The molecular formula is C12H12N2O2. The summed E-state index contributed by atoms with van der Waals surface area (Å²) >= 11 is 0. The Kier molecular flexibility index (Phi) is 2.17. The van der Waals surface area contributed by atoms with Crippen molar-refractivity contribution in [2.45, 2.75) is 19.3 Å². The molecule has 1 aromatic rings. The van der Waals surface area contributed by atoms with Gasteiger partial charge >= 0.3 is 0 Å². The van der Waals surface area contributed by atoms with E-state index in [1.165, 1.54) is 6.08 Å². The lowest BCUT2D eigenvalue weighted by molar-refractivity contribution is -0.121. The topological polar surface area (TPSA) is 49.7 Å². The first-order valence-electron chi connectivity index (χ1n) is 4.99. The van der Waals surface area contributed by atoms with Gasteiger partial charge in [-0.3, -0.25) is 4.79 Å². The number of nitrogens with zero attached hydrogens (tertiary/aromatic N) is 2. The Balaban J connectivity index is 2.63. The number of hydrogen-bond acceptors (Lipinski definition) is 3. The first-order chi connectivity index (χ1) is 7.48. The number of rotatable bonds is 1. The smallest absolute Gasteiger partial charge is 0.240 e. The van der Waals surface area contributed by atoms with E-state index in [9.17, 15) is 9.59 Å². The fourth-order valence-corrected chi connectivity index (χ4v) is 2.09. The van der Waals surface area contributed by atoms with Gasteiger partial charge in [0.1, 0.15) is 0 Å². The van der Waals surface area contributed by atoms with Crippen molar-refractivity contribution in [1.82, 2.24) is 0 Å². The summed E-state index contributed by atoms with van der Waals surface area (Å²) < 4.78 is 0. The highest BCUT2D eigenvalue weighted by atomic mass is 16.2. The maximum atomic E-state index is 12.0. The summed E-state index contributed by atoms with van der Waals surface area (Å²) in [6.07, 6.45) is 1.49. The van der Waals surface area contributed by atoms with Crippen molar-refractivity contribution in [3.63, 3.8) is 0 Å². The minimum atomic E-state index is -0.506. The molecule has 0 aliphatic carbocycles. The quantitative estimate of drug-likeness (QED) is 0.531. The van der Waals surface area contributed by atoms with Crippen LogP contribution in [0.25, 0.3) is 0 Å². The molecule has 0 N–H and O–H groups in total. The van der Waals surface area contributed by atoms with E-state index in [1.54, 1.807) is 24.1 Å². The number of anilines is 1. The molecule has 82 valence electrons. The predicted octanol–water partition coefficient (Wildman–Crippen LogP) is 1.91. The zero-order valence-corrected chi connectivity index (χ0v) is 9.44. The second kappa shape index (κ2) is 3.29. The van der Waals surface area contributed by atoms with E-state index in [0.29, 0.717) is 5.69 Å². The molecule has 0 saturated carbocycles. The molecule has 0 unspecified atom stereocenters. The zero-order valence-electron chi connectivity index (χ0n) is 9.44. The summed E-state index contributed by atoms with van der Waals surface area (Å²) in [5.41, 5.74) is 1.79. The number of amides is 1. The van der Waals surface area contributed by atoms with E-state index in [2.05, 4.69) is 4.99 Å². The summed E-state index contributed by atoms with van der Waals surface area (Å²) in [7, 11) is 1.73. The number of carbonyl (C=O) groups is 1. The molecule has 0 radical (unpaired) electrons. The van der Waals surface area contributed by atoms with Crippen LogP contribution >= 0.6 is 0 Å². The molecule has 1 aliphatic rings. The van der Waals surface area contributed by atoms with Crippen LogP contribution in [0.15, 0.2) is 23.2 Å². The number of aliphatic imine (C=N–C) groups is 1. The van der Waals surface area contributed by atoms with Crippen molar-refractivity contribution in [1.29, 1.82) is 0 Å². The van der Waals surface area contributed by atoms with Crippen molar-refractivity contribution in [2.24, 2.45) is 4.99 Å².